The molecule has 1 N–H and O–H groups in total. The number of hydrogen-bond acceptors (Lipinski definition) is 6. The minimum Gasteiger partial charge on any atom is -0.496 e. The van der Waals surface area contributed by atoms with Gasteiger partial charge in [0.25, 0.3) is 0 Å². The van der Waals surface area contributed by atoms with E-state index in [2.05, 4.69) is 52.4 Å². The average molecular weight is 582 g/mol. The lowest BCUT2D eigenvalue weighted by atomic mass is 9.84. The Hall–Kier alpha value is -2.94. The van der Waals surface area contributed by atoms with E-state index in [-0.39, 0.29) is 6.04 Å². The van der Waals surface area contributed by atoms with Gasteiger partial charge in [0.05, 0.1) is 12.8 Å². The summed E-state index contributed by atoms with van der Waals surface area (Å²) in [5, 5.41) is 9.74. The predicted octanol–water partition coefficient (Wildman–Crippen LogP) is 7.29. The van der Waals surface area contributed by atoms with Gasteiger partial charge >= 0.3 is 0 Å². The summed E-state index contributed by atoms with van der Waals surface area (Å²) in [6, 6.07) is 19.9. The lowest BCUT2D eigenvalue weighted by Crippen LogP contribution is -2.32. The number of halogens is 2. The molecule has 182 valence electrons. The van der Waals surface area contributed by atoms with Crippen LogP contribution in [0.5, 0.6) is 11.5 Å². The number of ether oxygens (including phenoxy) is 2. The molecule has 36 heavy (non-hydrogen) atoms. The van der Waals surface area contributed by atoms with Gasteiger partial charge in [-0.1, -0.05) is 69.1 Å². The summed E-state index contributed by atoms with van der Waals surface area (Å²) in [4.78, 5) is 4.76. The maximum atomic E-state index is 6.74. The van der Waals surface area contributed by atoms with E-state index in [1.54, 1.807) is 7.11 Å². The van der Waals surface area contributed by atoms with E-state index in [4.69, 9.17) is 31.2 Å². The molecule has 3 heterocycles. The first kappa shape index (κ1) is 23.5. The number of benzene rings is 3. The van der Waals surface area contributed by atoms with E-state index in [0.29, 0.717) is 16.1 Å². The van der Waals surface area contributed by atoms with Crippen molar-refractivity contribution < 1.29 is 9.47 Å². The summed E-state index contributed by atoms with van der Waals surface area (Å²) >= 11 is 11.6. The fraction of sp³-hybridized carbons (Fsp3) is 0.185. The Morgan fingerprint density at radius 2 is 1.92 bits per heavy atom. The molecule has 0 unspecified atom stereocenters. The highest BCUT2D eigenvalue weighted by Gasteiger charge is 2.42. The van der Waals surface area contributed by atoms with Crippen molar-refractivity contribution in [3.05, 3.63) is 98.0 Å². The van der Waals surface area contributed by atoms with Crippen molar-refractivity contribution in [3.63, 3.8) is 0 Å². The van der Waals surface area contributed by atoms with E-state index in [1.165, 1.54) is 17.3 Å². The molecule has 0 saturated carbocycles. The lowest BCUT2D eigenvalue weighted by Gasteiger charge is -2.39. The molecule has 6 nitrogen and oxygen atoms in total. The minimum atomic E-state index is -0.449. The summed E-state index contributed by atoms with van der Waals surface area (Å²) in [6.45, 7) is 2.08. The minimum absolute atomic E-state index is 0.258. The molecule has 0 fully saturated rings. The Morgan fingerprint density at radius 1 is 1.11 bits per heavy atom. The summed E-state index contributed by atoms with van der Waals surface area (Å²) in [7, 11) is 1.68. The Labute approximate surface area is 226 Å². The maximum absolute atomic E-state index is 6.74. The Kier molecular flexibility index (Phi) is 5.98. The fourth-order valence-electron chi connectivity index (χ4n) is 4.81. The molecule has 0 saturated heterocycles. The molecule has 2 atom stereocenters. The van der Waals surface area contributed by atoms with Gasteiger partial charge in [-0.3, -0.25) is 0 Å². The molecule has 2 aliphatic heterocycles. The third-order valence-electron chi connectivity index (χ3n) is 6.46. The largest absolute Gasteiger partial charge is 0.496 e. The van der Waals surface area contributed by atoms with Crippen molar-refractivity contribution in [1.82, 2.24) is 14.8 Å². The second-order valence-corrected chi connectivity index (χ2v) is 10.8. The molecular formula is C27H22BrClN4O2S. The molecule has 0 radical (unpaired) electrons. The Morgan fingerprint density at radius 3 is 2.67 bits per heavy atom. The van der Waals surface area contributed by atoms with Gasteiger partial charge in [0.1, 0.15) is 17.5 Å². The second-order valence-electron chi connectivity index (χ2n) is 8.66. The molecule has 4 aromatic rings. The number of aryl methyl sites for hydroxylation is 1. The number of hydrogen-bond donors (Lipinski definition) is 1. The third kappa shape index (κ3) is 3.88. The van der Waals surface area contributed by atoms with E-state index in [9.17, 15) is 0 Å². The first-order chi connectivity index (χ1) is 17.5. The van der Waals surface area contributed by atoms with Crippen LogP contribution < -0.4 is 14.8 Å². The summed E-state index contributed by atoms with van der Waals surface area (Å²) in [5.41, 5.74) is 6.00. The molecule has 0 amide bonds. The SMILES string of the molecule is COc1ccc(Br)cc1[C@@H]1Oc2ccc(Cl)cc2C2=C1[C@H](c1ccc(C)cc1)n1nc(SC)nc1N2. The van der Waals surface area contributed by atoms with Gasteiger partial charge in [-0.25, -0.2) is 4.68 Å². The van der Waals surface area contributed by atoms with Crippen LogP contribution in [0.4, 0.5) is 5.95 Å². The molecule has 0 bridgehead atoms. The van der Waals surface area contributed by atoms with Crippen LogP contribution in [0.3, 0.4) is 0 Å². The van der Waals surface area contributed by atoms with Crippen molar-refractivity contribution >= 4 is 50.9 Å². The Balaban J connectivity index is 1.66. The maximum Gasteiger partial charge on any atom is 0.227 e. The lowest BCUT2D eigenvalue weighted by molar-refractivity contribution is 0.217. The zero-order valence-corrected chi connectivity index (χ0v) is 22.9. The third-order valence-corrected chi connectivity index (χ3v) is 7.73. The van der Waals surface area contributed by atoms with Gasteiger partial charge in [0, 0.05) is 26.2 Å². The molecule has 1 aromatic heterocycles. The van der Waals surface area contributed by atoms with E-state index < -0.39 is 6.10 Å². The zero-order valence-electron chi connectivity index (χ0n) is 19.8. The normalized spacial score (nSPS) is 18.0. The second kappa shape index (κ2) is 9.18. The number of nitrogens with zero attached hydrogens (tertiary/aromatic N) is 3. The van der Waals surface area contributed by atoms with Gasteiger partial charge < -0.3 is 14.8 Å². The topological polar surface area (TPSA) is 61.2 Å². The summed E-state index contributed by atoms with van der Waals surface area (Å²) in [5.74, 6) is 2.15. The van der Waals surface area contributed by atoms with E-state index in [0.717, 1.165) is 43.9 Å². The molecule has 0 aliphatic carbocycles. The monoisotopic (exact) mass is 580 g/mol. The molecule has 2 aliphatic rings. The molecule has 6 rings (SSSR count). The highest BCUT2D eigenvalue weighted by molar-refractivity contribution is 9.10. The van der Waals surface area contributed by atoms with Crippen molar-refractivity contribution in [1.29, 1.82) is 0 Å². The van der Waals surface area contributed by atoms with Crippen LogP contribution in [0.15, 0.2) is 75.9 Å². The highest BCUT2D eigenvalue weighted by atomic mass is 79.9. The van der Waals surface area contributed by atoms with Crippen molar-refractivity contribution in [2.45, 2.75) is 24.2 Å². The average Bonchev–Trinajstić information content (AvgIpc) is 3.31. The number of thioether (sulfide) groups is 1. The Bertz CT molecular complexity index is 1520. The number of rotatable bonds is 4. The van der Waals surface area contributed by atoms with Gasteiger partial charge in [-0.05, 0) is 55.1 Å². The van der Waals surface area contributed by atoms with E-state index in [1.807, 2.05) is 47.3 Å². The smallest absolute Gasteiger partial charge is 0.227 e. The van der Waals surface area contributed by atoms with Crippen LogP contribution in [0.25, 0.3) is 5.70 Å². The van der Waals surface area contributed by atoms with Crippen LogP contribution in [0.1, 0.15) is 34.4 Å². The van der Waals surface area contributed by atoms with Crippen molar-refractivity contribution in [2.75, 3.05) is 18.7 Å². The first-order valence-corrected chi connectivity index (χ1v) is 13.7. The number of nitrogens with one attached hydrogen (secondary N) is 1. The standard InChI is InChI=1S/C27H22BrClN4O2S/c1-14-4-6-15(7-5-14)24-22-23(30-26-31-27(36-3)32-33(24)26)18-13-17(29)9-11-21(18)35-25(22)19-12-16(28)8-10-20(19)34-2/h4-13,24-25H,1-3H3,(H,30,31,32)/t24-,25-/m0/s1. The summed E-state index contributed by atoms with van der Waals surface area (Å²) in [6.07, 6.45) is 1.53. The summed E-state index contributed by atoms with van der Waals surface area (Å²) < 4.78 is 15.4. The fourth-order valence-corrected chi connectivity index (χ4v) is 5.70. The van der Waals surface area contributed by atoms with Crippen LogP contribution >= 0.6 is 39.3 Å². The van der Waals surface area contributed by atoms with Gasteiger partial charge in [-0.15, -0.1) is 5.10 Å². The number of fused-ring (bicyclic) bond motifs is 3. The molecule has 9 heteroatoms. The molecular weight excluding hydrogens is 560 g/mol. The first-order valence-electron chi connectivity index (χ1n) is 11.3. The van der Waals surface area contributed by atoms with Crippen LogP contribution in [0, 0.1) is 6.92 Å². The molecule has 3 aromatic carbocycles. The van der Waals surface area contributed by atoms with Crippen LogP contribution in [-0.4, -0.2) is 28.1 Å². The van der Waals surface area contributed by atoms with Crippen molar-refractivity contribution in [3.8, 4) is 11.5 Å². The van der Waals surface area contributed by atoms with Crippen molar-refractivity contribution in [2.24, 2.45) is 0 Å². The van der Waals surface area contributed by atoms with Gasteiger partial charge in [0.15, 0.2) is 6.10 Å². The highest BCUT2D eigenvalue weighted by Crippen LogP contribution is 2.52. The quantitative estimate of drug-likeness (QED) is 0.255. The molecule has 0 spiro atoms. The number of aromatic nitrogens is 3. The van der Waals surface area contributed by atoms with Gasteiger partial charge in [-0.2, -0.15) is 4.98 Å². The number of anilines is 1. The predicted molar refractivity (Wildman–Crippen MR) is 147 cm³/mol. The van der Waals surface area contributed by atoms with Crippen LogP contribution in [0.2, 0.25) is 5.02 Å². The van der Waals surface area contributed by atoms with E-state index >= 15 is 0 Å². The zero-order chi connectivity index (χ0) is 25.0. The van der Waals surface area contributed by atoms with Crippen LogP contribution in [-0.2, 0) is 0 Å². The number of methoxy groups -OCH3 is 1. The van der Waals surface area contributed by atoms with Gasteiger partial charge in [0.2, 0.25) is 11.1 Å².